The van der Waals surface area contributed by atoms with Crippen LogP contribution < -0.4 is 14.8 Å². The molecule has 0 atom stereocenters. The van der Waals surface area contributed by atoms with Crippen LogP contribution >= 0.6 is 0 Å². The lowest BCUT2D eigenvalue weighted by Crippen LogP contribution is -2.10. The summed E-state index contributed by atoms with van der Waals surface area (Å²) in [7, 11) is 1.39. The monoisotopic (exact) mass is 387 g/mol. The molecule has 3 rings (SSSR count). The normalized spacial score (nSPS) is 10.5. The van der Waals surface area contributed by atoms with Crippen molar-refractivity contribution in [2.24, 2.45) is 0 Å². The molecule has 0 amide bonds. The van der Waals surface area contributed by atoms with E-state index in [9.17, 15) is 8.78 Å². The van der Waals surface area contributed by atoms with Crippen LogP contribution in [0.4, 0.5) is 14.6 Å². The zero-order valence-corrected chi connectivity index (χ0v) is 15.2. The molecule has 28 heavy (non-hydrogen) atoms. The van der Waals surface area contributed by atoms with Crippen molar-refractivity contribution in [2.45, 2.75) is 13.2 Å². The van der Waals surface area contributed by atoms with E-state index in [4.69, 9.17) is 14.2 Å². The highest BCUT2D eigenvalue weighted by atomic mass is 19.1. The number of methoxy groups -OCH3 is 1. The second-order valence-electron chi connectivity index (χ2n) is 5.76. The lowest BCUT2D eigenvalue weighted by molar-refractivity contribution is 0.138. The van der Waals surface area contributed by atoms with Crippen molar-refractivity contribution in [2.75, 3.05) is 19.2 Å². The molecule has 1 N–H and O–H groups in total. The Morgan fingerprint density at radius 1 is 0.964 bits per heavy atom. The Labute approximate surface area is 161 Å². The second-order valence-corrected chi connectivity index (χ2v) is 5.76. The zero-order valence-electron chi connectivity index (χ0n) is 15.2. The first-order chi connectivity index (χ1) is 13.7. The zero-order chi connectivity index (χ0) is 19.8. The van der Waals surface area contributed by atoms with Crippen LogP contribution in [0.1, 0.15) is 11.1 Å². The number of rotatable bonds is 9. The summed E-state index contributed by atoms with van der Waals surface area (Å²) >= 11 is 0. The molecule has 0 saturated carbocycles. The predicted molar refractivity (Wildman–Crippen MR) is 99.0 cm³/mol. The van der Waals surface area contributed by atoms with Gasteiger partial charge in [-0.05, 0) is 23.3 Å². The van der Waals surface area contributed by atoms with Crippen molar-refractivity contribution in [3.63, 3.8) is 0 Å². The molecule has 0 unspecified atom stereocenters. The van der Waals surface area contributed by atoms with Crippen LogP contribution in [-0.2, 0) is 18.0 Å². The SMILES string of the molecule is COc1ccc(COc2ncc(F)c(NCOCc3ccccc3)n2)cc1F. The lowest BCUT2D eigenvalue weighted by Gasteiger charge is -2.10. The van der Waals surface area contributed by atoms with Crippen LogP contribution in [0.5, 0.6) is 11.8 Å². The summed E-state index contributed by atoms with van der Waals surface area (Å²) < 4.78 is 43.3. The highest BCUT2D eigenvalue weighted by molar-refractivity contribution is 5.35. The first-order valence-corrected chi connectivity index (χ1v) is 8.49. The third-order valence-corrected chi connectivity index (χ3v) is 3.76. The number of hydrogen-bond donors (Lipinski definition) is 1. The summed E-state index contributed by atoms with van der Waals surface area (Å²) in [5.41, 5.74) is 1.56. The van der Waals surface area contributed by atoms with Gasteiger partial charge in [-0.25, -0.2) is 13.8 Å². The van der Waals surface area contributed by atoms with Gasteiger partial charge >= 0.3 is 6.01 Å². The number of ether oxygens (including phenoxy) is 3. The van der Waals surface area contributed by atoms with Crippen molar-refractivity contribution in [3.05, 3.63) is 77.5 Å². The van der Waals surface area contributed by atoms with Gasteiger partial charge in [0, 0.05) is 0 Å². The van der Waals surface area contributed by atoms with Gasteiger partial charge in [0.25, 0.3) is 0 Å². The van der Waals surface area contributed by atoms with Crippen molar-refractivity contribution in [1.29, 1.82) is 0 Å². The Bertz CT molecular complexity index is 910. The molecular weight excluding hydrogens is 368 g/mol. The van der Waals surface area contributed by atoms with Gasteiger partial charge in [0.1, 0.15) is 13.3 Å². The molecule has 1 aromatic heterocycles. The van der Waals surface area contributed by atoms with Crippen molar-refractivity contribution in [1.82, 2.24) is 9.97 Å². The van der Waals surface area contributed by atoms with Crippen LogP contribution in [-0.4, -0.2) is 23.8 Å². The van der Waals surface area contributed by atoms with Gasteiger partial charge in [-0.2, -0.15) is 4.98 Å². The molecule has 146 valence electrons. The van der Waals surface area contributed by atoms with E-state index >= 15 is 0 Å². The number of hydrogen-bond acceptors (Lipinski definition) is 6. The number of halogens is 2. The molecule has 0 radical (unpaired) electrons. The lowest BCUT2D eigenvalue weighted by atomic mass is 10.2. The summed E-state index contributed by atoms with van der Waals surface area (Å²) in [6.07, 6.45) is 0.996. The minimum Gasteiger partial charge on any atom is -0.494 e. The van der Waals surface area contributed by atoms with Crippen molar-refractivity contribution < 1.29 is 23.0 Å². The van der Waals surface area contributed by atoms with E-state index in [2.05, 4.69) is 15.3 Å². The van der Waals surface area contributed by atoms with Crippen LogP contribution in [0.2, 0.25) is 0 Å². The van der Waals surface area contributed by atoms with Gasteiger partial charge in [0.05, 0.1) is 19.9 Å². The standard InChI is InChI=1S/C20H19F2N3O3/c1-26-18-8-7-15(9-16(18)21)12-28-20-23-10-17(22)19(25-20)24-13-27-11-14-5-3-2-4-6-14/h2-10H,11-13H2,1H3,(H,23,24,25). The Balaban J connectivity index is 1.53. The molecule has 0 aliphatic rings. The fourth-order valence-corrected chi connectivity index (χ4v) is 2.35. The van der Waals surface area contributed by atoms with E-state index in [-0.39, 0.29) is 30.9 Å². The van der Waals surface area contributed by atoms with Gasteiger partial charge in [-0.15, -0.1) is 0 Å². The molecule has 2 aromatic carbocycles. The summed E-state index contributed by atoms with van der Waals surface area (Å²) in [5.74, 6) is -1.03. The van der Waals surface area contributed by atoms with Crippen molar-refractivity contribution >= 4 is 5.82 Å². The van der Waals surface area contributed by atoms with E-state index in [1.165, 1.54) is 19.2 Å². The highest BCUT2D eigenvalue weighted by Gasteiger charge is 2.09. The molecule has 8 heteroatoms. The van der Waals surface area contributed by atoms with Crippen LogP contribution in [0.3, 0.4) is 0 Å². The largest absolute Gasteiger partial charge is 0.494 e. The molecule has 3 aromatic rings. The van der Waals surface area contributed by atoms with Gasteiger partial charge < -0.3 is 19.5 Å². The van der Waals surface area contributed by atoms with Crippen molar-refractivity contribution in [3.8, 4) is 11.8 Å². The summed E-state index contributed by atoms with van der Waals surface area (Å²) in [5, 5.41) is 2.74. The van der Waals surface area contributed by atoms with E-state index in [1.807, 2.05) is 30.3 Å². The third kappa shape index (κ3) is 5.37. The third-order valence-electron chi connectivity index (χ3n) is 3.76. The molecule has 0 spiro atoms. The molecule has 0 fully saturated rings. The summed E-state index contributed by atoms with van der Waals surface area (Å²) in [6.45, 7) is 0.468. The highest BCUT2D eigenvalue weighted by Crippen LogP contribution is 2.19. The van der Waals surface area contributed by atoms with Gasteiger partial charge in [-0.3, -0.25) is 0 Å². The van der Waals surface area contributed by atoms with Gasteiger partial charge in [0.15, 0.2) is 23.2 Å². The minimum absolute atomic E-state index is 0.0243. The topological polar surface area (TPSA) is 65.5 Å². The number of anilines is 1. The molecule has 0 aliphatic heterocycles. The fourth-order valence-electron chi connectivity index (χ4n) is 2.35. The van der Waals surface area contributed by atoms with E-state index in [0.29, 0.717) is 12.2 Å². The molecule has 0 aliphatic carbocycles. The predicted octanol–water partition coefficient (Wildman–Crippen LogP) is 3.93. The maximum absolute atomic E-state index is 13.9. The van der Waals surface area contributed by atoms with E-state index in [0.717, 1.165) is 11.8 Å². The second kappa shape index (κ2) is 9.61. The van der Waals surface area contributed by atoms with Crippen LogP contribution in [0, 0.1) is 11.6 Å². The number of aromatic nitrogens is 2. The maximum Gasteiger partial charge on any atom is 0.318 e. The van der Waals surface area contributed by atoms with Crippen LogP contribution in [0.25, 0.3) is 0 Å². The van der Waals surface area contributed by atoms with Gasteiger partial charge in [-0.1, -0.05) is 36.4 Å². The Hall–Kier alpha value is -3.26. The first kappa shape index (κ1) is 19.5. The molecular formula is C20H19F2N3O3. The average Bonchev–Trinajstić information content (AvgIpc) is 2.72. The number of nitrogens with zero attached hydrogens (tertiary/aromatic N) is 2. The summed E-state index contributed by atoms with van der Waals surface area (Å²) in [4.78, 5) is 7.75. The fraction of sp³-hybridized carbons (Fsp3) is 0.200. The first-order valence-electron chi connectivity index (χ1n) is 8.49. The summed E-state index contributed by atoms with van der Waals surface area (Å²) in [6, 6.07) is 14.0. The Morgan fingerprint density at radius 2 is 1.79 bits per heavy atom. The Kier molecular flexibility index (Phi) is 6.69. The molecule has 6 nitrogen and oxygen atoms in total. The molecule has 0 saturated heterocycles. The maximum atomic E-state index is 13.9. The van der Waals surface area contributed by atoms with E-state index < -0.39 is 11.6 Å². The smallest absolute Gasteiger partial charge is 0.318 e. The molecule has 0 bridgehead atoms. The molecule has 1 heterocycles. The van der Waals surface area contributed by atoms with Gasteiger partial charge in [0.2, 0.25) is 0 Å². The minimum atomic E-state index is -0.633. The number of benzene rings is 2. The average molecular weight is 387 g/mol. The van der Waals surface area contributed by atoms with E-state index in [1.54, 1.807) is 6.07 Å². The quantitative estimate of drug-likeness (QED) is 0.443. The Morgan fingerprint density at radius 3 is 2.54 bits per heavy atom. The van der Waals surface area contributed by atoms with Crippen LogP contribution in [0.15, 0.2) is 54.7 Å². The number of nitrogens with one attached hydrogen (secondary N) is 1.